The van der Waals surface area contributed by atoms with E-state index in [0.717, 1.165) is 0 Å². The summed E-state index contributed by atoms with van der Waals surface area (Å²) in [7, 11) is 0. The first-order valence-corrected chi connectivity index (χ1v) is 9.28. The van der Waals surface area contributed by atoms with Gasteiger partial charge >= 0.3 is 0 Å². The lowest BCUT2D eigenvalue weighted by atomic mass is 9.74. The van der Waals surface area contributed by atoms with E-state index in [2.05, 4.69) is 88.4 Å². The van der Waals surface area contributed by atoms with Crippen LogP contribution < -0.4 is 0 Å². The Hall–Kier alpha value is -2.12. The molecule has 4 aromatic rings. The Balaban J connectivity index is 2.00. The summed E-state index contributed by atoms with van der Waals surface area (Å²) in [5.74, 6) is 0. The molecule has 0 saturated carbocycles. The number of aryl methyl sites for hydroxylation is 2. The van der Waals surface area contributed by atoms with Crippen molar-refractivity contribution in [1.82, 2.24) is 0 Å². The average Bonchev–Trinajstić information content (AvgIpc) is 2.91. The maximum Gasteiger partial charge on any atom is 0.0358 e. The minimum Gasteiger partial charge on any atom is -0.135 e. The van der Waals surface area contributed by atoms with Crippen molar-refractivity contribution in [2.75, 3.05) is 0 Å². The quantitative estimate of drug-likeness (QED) is 0.371. The Morgan fingerprint density at radius 3 is 2.17 bits per heavy atom. The minimum absolute atomic E-state index is 0.00728. The third kappa shape index (κ3) is 2.27. The Bertz CT molecular complexity index is 1050. The van der Waals surface area contributed by atoms with Gasteiger partial charge in [-0.05, 0) is 54.3 Å². The van der Waals surface area contributed by atoms with E-state index in [1.165, 1.54) is 42.4 Å². The summed E-state index contributed by atoms with van der Waals surface area (Å²) >= 11 is 1.89. The average molecular weight is 330 g/mol. The Morgan fingerprint density at radius 1 is 0.667 bits per heavy atom. The molecule has 0 aliphatic heterocycles. The van der Waals surface area contributed by atoms with Crippen LogP contribution in [-0.4, -0.2) is 0 Å². The Labute approximate surface area is 147 Å². The van der Waals surface area contributed by atoms with E-state index in [4.69, 9.17) is 0 Å². The second-order valence-electron chi connectivity index (χ2n) is 7.20. The van der Waals surface area contributed by atoms with Crippen LogP contribution in [0.25, 0.3) is 20.2 Å². The van der Waals surface area contributed by atoms with Gasteiger partial charge in [0.1, 0.15) is 0 Å². The van der Waals surface area contributed by atoms with Crippen molar-refractivity contribution in [2.45, 2.75) is 33.1 Å². The summed E-state index contributed by atoms with van der Waals surface area (Å²) in [5, 5.41) is 2.76. The van der Waals surface area contributed by atoms with Crippen LogP contribution in [0.1, 0.15) is 36.1 Å². The zero-order chi connectivity index (χ0) is 16.9. The topological polar surface area (TPSA) is 0 Å². The normalized spacial score (nSPS) is 12.2. The molecular weight excluding hydrogens is 308 g/mol. The van der Waals surface area contributed by atoms with E-state index < -0.39 is 0 Å². The lowest BCUT2D eigenvalue weighted by Gasteiger charge is -2.29. The van der Waals surface area contributed by atoms with Gasteiger partial charge in [0.25, 0.3) is 0 Å². The van der Waals surface area contributed by atoms with Crippen LogP contribution in [0.15, 0.2) is 60.7 Å². The molecule has 4 rings (SSSR count). The van der Waals surface area contributed by atoms with Gasteiger partial charge in [0.2, 0.25) is 0 Å². The van der Waals surface area contributed by atoms with Crippen molar-refractivity contribution in [2.24, 2.45) is 0 Å². The smallest absolute Gasteiger partial charge is 0.0358 e. The largest absolute Gasteiger partial charge is 0.135 e. The first-order valence-electron chi connectivity index (χ1n) is 8.47. The van der Waals surface area contributed by atoms with Crippen molar-refractivity contribution in [3.63, 3.8) is 0 Å². The second kappa shape index (κ2) is 5.46. The third-order valence-corrected chi connectivity index (χ3v) is 6.35. The molecule has 0 radical (unpaired) electrons. The molecule has 0 amide bonds. The molecular formula is C23H22S. The Kier molecular flexibility index (Phi) is 3.51. The lowest BCUT2D eigenvalue weighted by Crippen LogP contribution is -2.21. The van der Waals surface area contributed by atoms with Crippen LogP contribution in [0.5, 0.6) is 0 Å². The predicted molar refractivity (Wildman–Crippen MR) is 107 cm³/mol. The minimum atomic E-state index is -0.00728. The number of rotatable bonds is 2. The molecule has 0 spiro atoms. The van der Waals surface area contributed by atoms with Crippen molar-refractivity contribution in [1.29, 1.82) is 0 Å². The molecule has 24 heavy (non-hydrogen) atoms. The van der Waals surface area contributed by atoms with Gasteiger partial charge in [0, 0.05) is 25.6 Å². The highest BCUT2D eigenvalue weighted by Crippen LogP contribution is 2.41. The van der Waals surface area contributed by atoms with Crippen molar-refractivity contribution < 1.29 is 0 Å². The van der Waals surface area contributed by atoms with Gasteiger partial charge in [0.15, 0.2) is 0 Å². The summed E-state index contributed by atoms with van der Waals surface area (Å²) in [6, 6.07) is 22.3. The molecule has 0 atom stereocenters. The first-order chi connectivity index (χ1) is 11.5. The van der Waals surface area contributed by atoms with Gasteiger partial charge < -0.3 is 0 Å². The highest BCUT2D eigenvalue weighted by molar-refractivity contribution is 7.25. The third-order valence-electron chi connectivity index (χ3n) is 5.22. The lowest BCUT2D eigenvalue weighted by molar-refractivity contribution is 0.632. The number of benzene rings is 3. The number of hydrogen-bond donors (Lipinski definition) is 0. The maximum absolute atomic E-state index is 2.43. The highest BCUT2D eigenvalue weighted by Gasteiger charge is 2.27. The van der Waals surface area contributed by atoms with Crippen LogP contribution in [0.2, 0.25) is 0 Å². The number of thiophene rings is 1. The number of fused-ring (bicyclic) bond motifs is 3. The maximum atomic E-state index is 2.43. The second-order valence-corrected chi connectivity index (χ2v) is 8.29. The van der Waals surface area contributed by atoms with Crippen molar-refractivity contribution >= 4 is 31.5 Å². The van der Waals surface area contributed by atoms with Gasteiger partial charge in [0.05, 0.1) is 0 Å². The van der Waals surface area contributed by atoms with Crippen LogP contribution in [0.3, 0.4) is 0 Å². The van der Waals surface area contributed by atoms with Gasteiger partial charge in [-0.1, -0.05) is 56.3 Å². The van der Waals surface area contributed by atoms with E-state index in [1.54, 1.807) is 0 Å². The number of hydrogen-bond acceptors (Lipinski definition) is 1. The van der Waals surface area contributed by atoms with Gasteiger partial charge in [-0.3, -0.25) is 0 Å². The zero-order valence-electron chi connectivity index (χ0n) is 14.7. The van der Waals surface area contributed by atoms with Crippen LogP contribution >= 0.6 is 11.3 Å². The molecule has 0 N–H and O–H groups in total. The zero-order valence-corrected chi connectivity index (χ0v) is 15.5. The molecule has 0 saturated heterocycles. The first kappa shape index (κ1) is 15.4. The summed E-state index contributed by atoms with van der Waals surface area (Å²) in [6.07, 6.45) is 0. The fourth-order valence-corrected chi connectivity index (χ4v) is 5.15. The van der Waals surface area contributed by atoms with Gasteiger partial charge in [-0.2, -0.15) is 0 Å². The molecule has 3 aromatic carbocycles. The van der Waals surface area contributed by atoms with E-state index >= 15 is 0 Å². The fraction of sp³-hybridized carbons (Fsp3) is 0.217. The summed E-state index contributed by atoms with van der Waals surface area (Å²) in [4.78, 5) is 0. The Morgan fingerprint density at radius 2 is 1.38 bits per heavy atom. The molecule has 120 valence electrons. The molecule has 0 bridgehead atoms. The molecule has 0 aliphatic rings. The van der Waals surface area contributed by atoms with E-state index in [1.807, 2.05) is 11.3 Å². The van der Waals surface area contributed by atoms with Gasteiger partial charge in [-0.25, -0.2) is 0 Å². The van der Waals surface area contributed by atoms with Crippen LogP contribution in [0.4, 0.5) is 0 Å². The van der Waals surface area contributed by atoms with Crippen molar-refractivity contribution in [3.05, 3.63) is 82.9 Å². The van der Waals surface area contributed by atoms with E-state index in [-0.39, 0.29) is 5.41 Å². The summed E-state index contributed by atoms with van der Waals surface area (Å²) < 4.78 is 2.76. The molecule has 0 nitrogen and oxygen atoms in total. The monoisotopic (exact) mass is 330 g/mol. The summed E-state index contributed by atoms with van der Waals surface area (Å²) in [5.41, 5.74) is 5.56. The van der Waals surface area contributed by atoms with Crippen molar-refractivity contribution in [3.8, 4) is 0 Å². The molecule has 1 heteroatoms. The van der Waals surface area contributed by atoms with Gasteiger partial charge in [-0.15, -0.1) is 11.3 Å². The molecule has 1 heterocycles. The summed E-state index contributed by atoms with van der Waals surface area (Å²) in [6.45, 7) is 9.15. The van der Waals surface area contributed by atoms with E-state index in [0.29, 0.717) is 0 Å². The highest BCUT2D eigenvalue weighted by atomic mass is 32.1. The molecule has 0 unspecified atom stereocenters. The van der Waals surface area contributed by atoms with Crippen LogP contribution in [-0.2, 0) is 5.41 Å². The molecule has 0 fully saturated rings. The predicted octanol–water partition coefficient (Wildman–Crippen LogP) is 7.00. The fourth-order valence-electron chi connectivity index (χ4n) is 3.97. The van der Waals surface area contributed by atoms with E-state index in [9.17, 15) is 0 Å². The molecule has 0 aliphatic carbocycles. The molecule has 1 aromatic heterocycles. The van der Waals surface area contributed by atoms with Crippen LogP contribution in [0, 0.1) is 13.8 Å². The SMILES string of the molecule is Cc1ccccc1C(C)(C)c1cc2c(cc1C)sc1ccccc12. The standard InChI is InChI=1S/C23H22S/c1-15-9-5-7-11-19(15)23(3,4)20-14-18-17-10-6-8-12-21(17)24-22(18)13-16(20)2/h5-14H,1-4H3.